The van der Waals surface area contributed by atoms with Crippen molar-refractivity contribution in [3.8, 4) is 5.75 Å². The van der Waals surface area contributed by atoms with Crippen LogP contribution in [-0.2, 0) is 11.3 Å². The number of aldehydes is 1. The van der Waals surface area contributed by atoms with Crippen LogP contribution in [0.15, 0.2) is 59.6 Å². The van der Waals surface area contributed by atoms with E-state index in [1.807, 2.05) is 30.3 Å². The molecule has 0 spiro atoms. The molecule has 0 saturated heterocycles. The quantitative estimate of drug-likeness (QED) is 0.272. The number of amides is 1. The molecule has 142 valence electrons. The minimum atomic E-state index is -0.931. The van der Waals surface area contributed by atoms with Crippen molar-refractivity contribution < 1.29 is 23.9 Å². The molecular formula is C19H14N2O5S2. The molecule has 2 aromatic carbocycles. The van der Waals surface area contributed by atoms with Gasteiger partial charge in [-0.2, -0.15) is 0 Å². The predicted octanol–water partition coefficient (Wildman–Crippen LogP) is 4.21. The van der Waals surface area contributed by atoms with Crippen LogP contribution in [0, 0.1) is 0 Å². The van der Waals surface area contributed by atoms with Crippen LogP contribution in [0.1, 0.15) is 25.6 Å². The first-order chi connectivity index (χ1) is 13.6. The van der Waals surface area contributed by atoms with Crippen LogP contribution in [0.25, 0.3) is 0 Å². The number of ether oxygens (including phenoxy) is 2. The van der Waals surface area contributed by atoms with E-state index in [9.17, 15) is 14.4 Å². The van der Waals surface area contributed by atoms with E-state index in [1.165, 1.54) is 12.1 Å². The number of nitrogens with zero attached hydrogens (tertiary/aromatic N) is 1. The number of thiol groups is 1. The highest BCUT2D eigenvalue weighted by atomic mass is 32.1. The Morgan fingerprint density at radius 2 is 1.82 bits per heavy atom. The molecule has 7 nitrogen and oxygen atoms in total. The number of thiazole rings is 1. The summed E-state index contributed by atoms with van der Waals surface area (Å²) in [5.74, 6) is -0.512. The fourth-order valence-corrected chi connectivity index (χ4v) is 3.23. The molecule has 0 radical (unpaired) electrons. The van der Waals surface area contributed by atoms with Gasteiger partial charge < -0.3 is 9.47 Å². The number of carbonyl (C=O) groups is 3. The summed E-state index contributed by atoms with van der Waals surface area (Å²) in [6.45, 7) is 0.0480. The molecule has 0 saturated carbocycles. The minimum absolute atomic E-state index is 0.0383. The highest BCUT2D eigenvalue weighted by molar-refractivity contribution is 7.80. The maximum Gasteiger partial charge on any atom is 0.514 e. The molecule has 0 fully saturated rings. The lowest BCUT2D eigenvalue weighted by molar-refractivity contribution is 0.0915. The lowest BCUT2D eigenvalue weighted by atomic mass is 10.2. The molecule has 1 amide bonds. The Morgan fingerprint density at radius 1 is 1.11 bits per heavy atom. The van der Waals surface area contributed by atoms with Gasteiger partial charge in [-0.25, -0.2) is 9.78 Å². The highest BCUT2D eigenvalue weighted by Crippen LogP contribution is 2.26. The first kappa shape index (κ1) is 19.6. The third kappa shape index (κ3) is 4.96. The summed E-state index contributed by atoms with van der Waals surface area (Å²) in [7, 11) is 0. The molecule has 1 N–H and O–H groups in total. The average Bonchev–Trinajstić information content (AvgIpc) is 3.06. The van der Waals surface area contributed by atoms with E-state index in [0.29, 0.717) is 11.2 Å². The first-order valence-electron chi connectivity index (χ1n) is 8.00. The zero-order valence-electron chi connectivity index (χ0n) is 14.3. The molecule has 9 heteroatoms. The van der Waals surface area contributed by atoms with Crippen molar-refractivity contribution in [2.75, 3.05) is 5.32 Å². The Labute approximate surface area is 169 Å². The molecule has 1 aromatic heterocycles. The largest absolute Gasteiger partial charge is 0.514 e. The van der Waals surface area contributed by atoms with E-state index in [1.54, 1.807) is 12.1 Å². The fraction of sp³-hybridized carbons (Fsp3) is 0.0526. The van der Waals surface area contributed by atoms with Crippen LogP contribution in [0.2, 0.25) is 0 Å². The normalized spacial score (nSPS) is 10.2. The van der Waals surface area contributed by atoms with Crippen LogP contribution >= 0.6 is 24.0 Å². The maximum absolute atomic E-state index is 12.5. The summed E-state index contributed by atoms with van der Waals surface area (Å²) in [5, 5.41) is 2.99. The molecule has 0 bridgehead atoms. The van der Waals surface area contributed by atoms with E-state index in [0.717, 1.165) is 16.9 Å². The molecule has 3 rings (SSSR count). The Hall–Kier alpha value is -3.17. The Morgan fingerprint density at radius 3 is 2.54 bits per heavy atom. The van der Waals surface area contributed by atoms with Crippen LogP contribution in [0.5, 0.6) is 5.75 Å². The number of hydrogen-bond acceptors (Lipinski definition) is 8. The number of hydrogen-bond donors (Lipinski definition) is 2. The summed E-state index contributed by atoms with van der Waals surface area (Å²) < 4.78 is 10.2. The molecular weight excluding hydrogens is 400 g/mol. The number of rotatable bonds is 6. The molecule has 0 aliphatic heterocycles. The smallest absolute Gasteiger partial charge is 0.429 e. The molecule has 3 aromatic rings. The van der Waals surface area contributed by atoms with Crippen LogP contribution < -0.4 is 10.1 Å². The number of aromatic nitrogens is 1. The zero-order valence-corrected chi connectivity index (χ0v) is 16.0. The number of para-hydroxylation sites is 1. The lowest BCUT2D eigenvalue weighted by Gasteiger charge is -2.10. The van der Waals surface area contributed by atoms with Gasteiger partial charge in [-0.05, 0) is 17.7 Å². The van der Waals surface area contributed by atoms with Crippen molar-refractivity contribution in [1.29, 1.82) is 0 Å². The second kappa shape index (κ2) is 9.16. The van der Waals surface area contributed by atoms with Gasteiger partial charge in [0.1, 0.15) is 22.3 Å². The van der Waals surface area contributed by atoms with Gasteiger partial charge in [-0.3, -0.25) is 14.9 Å². The number of anilines is 1. The van der Waals surface area contributed by atoms with Crippen molar-refractivity contribution in [2.45, 2.75) is 11.6 Å². The average molecular weight is 414 g/mol. The Kier molecular flexibility index (Phi) is 6.41. The summed E-state index contributed by atoms with van der Waals surface area (Å²) in [6, 6.07) is 15.3. The minimum Gasteiger partial charge on any atom is -0.429 e. The van der Waals surface area contributed by atoms with Gasteiger partial charge in [0.25, 0.3) is 5.91 Å². The van der Waals surface area contributed by atoms with Crippen LogP contribution in [-0.4, -0.2) is 23.3 Å². The molecule has 0 atom stereocenters. The maximum atomic E-state index is 12.5. The first-order valence-corrected chi connectivity index (χ1v) is 9.27. The van der Waals surface area contributed by atoms with E-state index in [2.05, 4.69) is 22.9 Å². The van der Waals surface area contributed by atoms with Gasteiger partial charge in [-0.15, -0.1) is 12.6 Å². The molecule has 1 heterocycles. The van der Waals surface area contributed by atoms with E-state index in [4.69, 9.17) is 9.47 Å². The Bertz CT molecular complexity index is 1000. The lowest BCUT2D eigenvalue weighted by Crippen LogP contribution is -2.16. The Balaban J connectivity index is 1.67. The second-order valence-electron chi connectivity index (χ2n) is 5.40. The monoisotopic (exact) mass is 414 g/mol. The van der Waals surface area contributed by atoms with Gasteiger partial charge >= 0.3 is 6.16 Å². The van der Waals surface area contributed by atoms with E-state index in [-0.39, 0.29) is 28.1 Å². The highest BCUT2D eigenvalue weighted by Gasteiger charge is 2.18. The summed E-state index contributed by atoms with van der Waals surface area (Å²) in [6.07, 6.45) is -0.325. The third-order valence-electron chi connectivity index (χ3n) is 3.49. The van der Waals surface area contributed by atoms with Crippen molar-refractivity contribution in [1.82, 2.24) is 4.98 Å². The number of nitrogens with one attached hydrogen (secondary N) is 1. The number of carbonyl (C=O) groups excluding carboxylic acids is 3. The van der Waals surface area contributed by atoms with Gasteiger partial charge in [0.2, 0.25) is 0 Å². The van der Waals surface area contributed by atoms with Gasteiger partial charge in [0, 0.05) is 0 Å². The van der Waals surface area contributed by atoms with Gasteiger partial charge in [-0.1, -0.05) is 53.8 Å². The van der Waals surface area contributed by atoms with E-state index < -0.39 is 12.1 Å². The fourth-order valence-electron chi connectivity index (χ4n) is 2.20. The summed E-state index contributed by atoms with van der Waals surface area (Å²) in [4.78, 5) is 39.6. The number of benzene rings is 2. The second-order valence-corrected chi connectivity index (χ2v) is 6.86. The zero-order chi connectivity index (χ0) is 19.9. The standard InChI is InChI=1S/C19H14N2O5S2/c22-10-15-17(27)21-18(28-15)20-16(23)13-8-4-5-9-14(13)26-19(24)25-11-12-6-2-1-3-7-12/h1-10,27H,11H2,(H,20,21,23). The van der Waals surface area contributed by atoms with Gasteiger partial charge in [0.15, 0.2) is 11.4 Å². The van der Waals surface area contributed by atoms with Crippen LogP contribution in [0.4, 0.5) is 9.93 Å². The third-order valence-corrected chi connectivity index (χ3v) is 4.87. The van der Waals surface area contributed by atoms with Crippen molar-refractivity contribution >= 4 is 47.4 Å². The molecule has 0 aliphatic carbocycles. The predicted molar refractivity (Wildman–Crippen MR) is 106 cm³/mol. The molecule has 0 unspecified atom stereocenters. The molecule has 0 aliphatic rings. The van der Waals surface area contributed by atoms with E-state index >= 15 is 0 Å². The van der Waals surface area contributed by atoms with Gasteiger partial charge in [0.05, 0.1) is 5.56 Å². The summed E-state index contributed by atoms with van der Waals surface area (Å²) >= 11 is 5.05. The topological polar surface area (TPSA) is 94.6 Å². The van der Waals surface area contributed by atoms with Crippen LogP contribution in [0.3, 0.4) is 0 Å². The summed E-state index contributed by atoms with van der Waals surface area (Å²) in [5.41, 5.74) is 0.922. The van der Waals surface area contributed by atoms with Crippen molar-refractivity contribution in [2.24, 2.45) is 0 Å². The SMILES string of the molecule is O=Cc1sc(NC(=O)c2ccccc2OC(=O)OCc2ccccc2)nc1S. The van der Waals surface area contributed by atoms with Crippen molar-refractivity contribution in [3.63, 3.8) is 0 Å². The molecule has 28 heavy (non-hydrogen) atoms. The van der Waals surface area contributed by atoms with Crippen molar-refractivity contribution in [3.05, 3.63) is 70.6 Å².